The Kier molecular flexibility index (Phi) is 5.00. The molecule has 1 aliphatic heterocycles. The van der Waals surface area contributed by atoms with Gasteiger partial charge >= 0.3 is 0 Å². The van der Waals surface area contributed by atoms with Crippen molar-refractivity contribution >= 4 is 17.4 Å². The normalized spacial score (nSPS) is 15.3. The van der Waals surface area contributed by atoms with E-state index in [1.165, 1.54) is 6.07 Å². The van der Waals surface area contributed by atoms with E-state index < -0.39 is 11.6 Å². The maximum Gasteiger partial charge on any atom is 0.279 e. The van der Waals surface area contributed by atoms with Gasteiger partial charge in [-0.05, 0) is 24.3 Å². The molecule has 2 heterocycles. The van der Waals surface area contributed by atoms with Gasteiger partial charge in [-0.25, -0.2) is 13.8 Å². The highest BCUT2D eigenvalue weighted by molar-refractivity contribution is 5.91. The zero-order chi connectivity index (χ0) is 16.9. The first-order valence-corrected chi connectivity index (χ1v) is 7.86. The van der Waals surface area contributed by atoms with E-state index in [4.69, 9.17) is 0 Å². The molecule has 0 bridgehead atoms. The number of amides is 1. The molecule has 1 amide bonds. The summed E-state index contributed by atoms with van der Waals surface area (Å²) >= 11 is 0. The first kappa shape index (κ1) is 16.3. The number of hydrogen-bond acceptors (Lipinski definition) is 3. The molecule has 0 aliphatic carbocycles. The third-order valence-corrected chi connectivity index (χ3v) is 4.06. The molecular weight excluding hydrogens is 314 g/mol. The van der Waals surface area contributed by atoms with E-state index >= 15 is 0 Å². The molecule has 1 aliphatic rings. The van der Waals surface area contributed by atoms with E-state index in [-0.39, 0.29) is 11.6 Å². The van der Waals surface area contributed by atoms with Crippen molar-refractivity contribution in [2.24, 2.45) is 0 Å². The van der Waals surface area contributed by atoms with Crippen LogP contribution >= 0.6 is 0 Å². The third-order valence-electron chi connectivity index (χ3n) is 4.06. The van der Waals surface area contributed by atoms with Gasteiger partial charge in [-0.1, -0.05) is 6.07 Å². The fourth-order valence-electron chi connectivity index (χ4n) is 2.78. The Balaban J connectivity index is 1.49. The summed E-state index contributed by atoms with van der Waals surface area (Å²) in [6.07, 6.45) is 1.77. The van der Waals surface area contributed by atoms with Gasteiger partial charge in [0.05, 0.1) is 26.2 Å². The number of hydrogen-bond donors (Lipinski definition) is 2. The van der Waals surface area contributed by atoms with Crippen LogP contribution in [-0.4, -0.2) is 43.6 Å². The van der Waals surface area contributed by atoms with E-state index in [1.54, 1.807) is 6.20 Å². The molecule has 1 saturated heterocycles. The average Bonchev–Trinajstić information content (AvgIpc) is 2.59. The number of rotatable bonds is 4. The van der Waals surface area contributed by atoms with Crippen LogP contribution in [0.25, 0.3) is 0 Å². The van der Waals surface area contributed by atoms with Crippen molar-refractivity contribution < 1.29 is 18.5 Å². The largest absolute Gasteiger partial charge is 0.345 e. The molecule has 1 fully saturated rings. The lowest BCUT2D eigenvalue weighted by molar-refractivity contribution is -0.892. The maximum atomic E-state index is 13.1. The summed E-state index contributed by atoms with van der Waals surface area (Å²) in [6, 6.07) is 9.15. The molecule has 0 spiro atoms. The first-order chi connectivity index (χ1) is 11.6. The summed E-state index contributed by atoms with van der Waals surface area (Å²) < 4.78 is 26.0. The number of nitrogens with one attached hydrogen (secondary N) is 2. The third kappa shape index (κ3) is 4.05. The predicted molar refractivity (Wildman–Crippen MR) is 87.0 cm³/mol. The summed E-state index contributed by atoms with van der Waals surface area (Å²) in [7, 11) is 0. The summed E-state index contributed by atoms with van der Waals surface area (Å²) in [5.41, 5.74) is 0.269. The lowest BCUT2D eigenvalue weighted by atomic mass is 10.2. The molecule has 1 aromatic carbocycles. The van der Waals surface area contributed by atoms with Crippen LogP contribution in [0.4, 0.5) is 20.3 Å². The van der Waals surface area contributed by atoms with E-state index in [0.717, 1.165) is 49.0 Å². The van der Waals surface area contributed by atoms with Gasteiger partial charge in [0.2, 0.25) is 0 Å². The maximum absolute atomic E-state index is 13.1. The van der Waals surface area contributed by atoms with Crippen LogP contribution in [0.3, 0.4) is 0 Å². The molecule has 5 nitrogen and oxygen atoms in total. The molecule has 0 saturated carbocycles. The lowest BCUT2D eigenvalue weighted by Crippen LogP contribution is -3.15. The fourth-order valence-corrected chi connectivity index (χ4v) is 2.78. The number of anilines is 2. The minimum absolute atomic E-state index is 0.206. The Hall–Kier alpha value is -2.54. The van der Waals surface area contributed by atoms with Crippen LogP contribution < -0.4 is 15.1 Å². The van der Waals surface area contributed by atoms with Crippen molar-refractivity contribution in [2.45, 2.75) is 0 Å². The standard InChI is InChI=1S/C17H18F2N4O/c18-14-5-4-13(11-15(14)19)21-17(24)12-22-7-9-23(10-8-22)16-3-1-2-6-20-16/h1-6,11H,7-10,12H2,(H,21,24)/p+1. The Bertz CT molecular complexity index is 703. The first-order valence-electron chi connectivity index (χ1n) is 7.86. The van der Waals surface area contributed by atoms with Crippen molar-refractivity contribution in [3.63, 3.8) is 0 Å². The zero-order valence-corrected chi connectivity index (χ0v) is 13.1. The van der Waals surface area contributed by atoms with Crippen molar-refractivity contribution in [3.05, 3.63) is 54.2 Å². The van der Waals surface area contributed by atoms with Gasteiger partial charge in [0.1, 0.15) is 5.82 Å². The van der Waals surface area contributed by atoms with Gasteiger partial charge in [-0.2, -0.15) is 0 Å². The number of quaternary nitrogens is 1. The summed E-state index contributed by atoms with van der Waals surface area (Å²) in [5, 5.41) is 2.61. The topological polar surface area (TPSA) is 49.7 Å². The number of piperazine rings is 1. The molecule has 0 radical (unpaired) electrons. The van der Waals surface area contributed by atoms with Crippen LogP contribution in [0, 0.1) is 11.6 Å². The number of nitrogens with zero attached hydrogens (tertiary/aromatic N) is 2. The van der Waals surface area contributed by atoms with Crippen molar-refractivity contribution in [1.82, 2.24) is 4.98 Å². The highest BCUT2D eigenvalue weighted by atomic mass is 19.2. The summed E-state index contributed by atoms with van der Waals surface area (Å²) in [6.45, 7) is 3.59. The predicted octanol–water partition coefficient (Wildman–Crippen LogP) is 0.703. The number of aromatic nitrogens is 1. The SMILES string of the molecule is O=C(C[NH+]1CCN(c2ccccn2)CC1)Nc1ccc(F)c(F)c1. The Labute approximate surface area is 138 Å². The van der Waals surface area contributed by atoms with Crippen LogP contribution in [0.5, 0.6) is 0 Å². The molecule has 24 heavy (non-hydrogen) atoms. The molecule has 0 unspecified atom stereocenters. The molecule has 126 valence electrons. The highest BCUT2D eigenvalue weighted by Crippen LogP contribution is 2.12. The summed E-state index contributed by atoms with van der Waals surface area (Å²) in [4.78, 5) is 19.7. The Morgan fingerprint density at radius 2 is 1.96 bits per heavy atom. The van der Waals surface area contributed by atoms with Gasteiger partial charge in [0, 0.05) is 18.0 Å². The molecule has 3 rings (SSSR count). The number of carbonyl (C=O) groups is 1. The van der Waals surface area contributed by atoms with Crippen molar-refractivity contribution in [1.29, 1.82) is 0 Å². The average molecular weight is 333 g/mol. The van der Waals surface area contributed by atoms with Gasteiger partial charge in [0.15, 0.2) is 18.2 Å². The quantitative estimate of drug-likeness (QED) is 0.866. The van der Waals surface area contributed by atoms with Gasteiger partial charge < -0.3 is 15.1 Å². The Morgan fingerprint density at radius 3 is 2.62 bits per heavy atom. The summed E-state index contributed by atoms with van der Waals surface area (Å²) in [5.74, 6) is -1.15. The molecule has 0 atom stereocenters. The van der Waals surface area contributed by atoms with Crippen LogP contribution in [0.2, 0.25) is 0 Å². The van der Waals surface area contributed by atoms with Crippen molar-refractivity contribution in [2.75, 3.05) is 42.9 Å². The van der Waals surface area contributed by atoms with Crippen LogP contribution in [-0.2, 0) is 4.79 Å². The second-order valence-electron chi connectivity index (χ2n) is 5.78. The Morgan fingerprint density at radius 1 is 1.17 bits per heavy atom. The second kappa shape index (κ2) is 7.35. The monoisotopic (exact) mass is 333 g/mol. The van der Waals surface area contributed by atoms with Gasteiger partial charge in [-0.15, -0.1) is 0 Å². The van der Waals surface area contributed by atoms with Crippen molar-refractivity contribution in [3.8, 4) is 0 Å². The number of pyridine rings is 1. The fraction of sp³-hybridized carbons (Fsp3) is 0.294. The smallest absolute Gasteiger partial charge is 0.279 e. The zero-order valence-electron chi connectivity index (χ0n) is 13.1. The lowest BCUT2D eigenvalue weighted by Gasteiger charge is -2.32. The number of benzene rings is 1. The van der Waals surface area contributed by atoms with E-state index in [2.05, 4.69) is 15.2 Å². The molecule has 2 N–H and O–H groups in total. The van der Waals surface area contributed by atoms with E-state index in [0.29, 0.717) is 6.54 Å². The molecular formula is C17H19F2N4O+. The molecule has 7 heteroatoms. The van der Waals surface area contributed by atoms with E-state index in [9.17, 15) is 13.6 Å². The molecule has 2 aromatic rings. The number of halogens is 2. The highest BCUT2D eigenvalue weighted by Gasteiger charge is 2.22. The van der Waals surface area contributed by atoms with Crippen LogP contribution in [0.15, 0.2) is 42.6 Å². The second-order valence-corrected chi connectivity index (χ2v) is 5.78. The minimum Gasteiger partial charge on any atom is -0.345 e. The van der Waals surface area contributed by atoms with Gasteiger partial charge in [0.25, 0.3) is 5.91 Å². The van der Waals surface area contributed by atoms with Gasteiger partial charge in [-0.3, -0.25) is 4.79 Å². The number of carbonyl (C=O) groups excluding carboxylic acids is 1. The van der Waals surface area contributed by atoms with E-state index in [1.807, 2.05) is 18.2 Å². The molecule has 1 aromatic heterocycles. The minimum atomic E-state index is -0.968. The van der Waals surface area contributed by atoms with Crippen LogP contribution in [0.1, 0.15) is 0 Å².